The number of carbonyl (C=O) groups excluding carboxylic acids is 1. The van der Waals surface area contributed by atoms with E-state index in [1.807, 2.05) is 54.6 Å². The SMILES string of the molecule is CC(C)c1ccc(C(=O)C(N)Cc2ccccc2)cc1. The topological polar surface area (TPSA) is 43.1 Å². The van der Waals surface area contributed by atoms with E-state index in [2.05, 4.69) is 13.8 Å². The van der Waals surface area contributed by atoms with E-state index in [4.69, 9.17) is 5.73 Å². The molecule has 2 N–H and O–H groups in total. The third-order valence-corrected chi connectivity index (χ3v) is 3.50. The average Bonchev–Trinajstić information content (AvgIpc) is 2.47. The number of hydrogen-bond acceptors (Lipinski definition) is 2. The molecule has 0 bridgehead atoms. The van der Waals surface area contributed by atoms with Crippen LogP contribution in [0.1, 0.15) is 41.3 Å². The predicted octanol–water partition coefficient (Wildman–Crippen LogP) is 3.56. The summed E-state index contributed by atoms with van der Waals surface area (Å²) in [6.07, 6.45) is 0.575. The number of carbonyl (C=O) groups is 1. The Morgan fingerprint density at radius 3 is 2.15 bits per heavy atom. The second-order valence-corrected chi connectivity index (χ2v) is 5.44. The average molecular weight is 267 g/mol. The summed E-state index contributed by atoms with van der Waals surface area (Å²) >= 11 is 0. The lowest BCUT2D eigenvalue weighted by molar-refractivity contribution is 0.0961. The predicted molar refractivity (Wildman–Crippen MR) is 83.0 cm³/mol. The molecule has 2 nitrogen and oxygen atoms in total. The van der Waals surface area contributed by atoms with Crippen LogP contribution in [0.25, 0.3) is 0 Å². The van der Waals surface area contributed by atoms with Crippen LogP contribution in [0.4, 0.5) is 0 Å². The number of Topliss-reactive ketones (excluding diaryl/α,β-unsaturated/α-hetero) is 1. The van der Waals surface area contributed by atoms with Crippen molar-refractivity contribution < 1.29 is 4.79 Å². The molecule has 0 radical (unpaired) electrons. The molecular weight excluding hydrogens is 246 g/mol. The van der Waals surface area contributed by atoms with Gasteiger partial charge in [0.05, 0.1) is 6.04 Å². The van der Waals surface area contributed by atoms with Crippen molar-refractivity contribution in [1.82, 2.24) is 0 Å². The molecule has 0 saturated heterocycles. The highest BCUT2D eigenvalue weighted by Crippen LogP contribution is 2.16. The third-order valence-electron chi connectivity index (χ3n) is 3.50. The Morgan fingerprint density at radius 1 is 1.00 bits per heavy atom. The van der Waals surface area contributed by atoms with Gasteiger partial charge in [-0.05, 0) is 23.5 Å². The van der Waals surface area contributed by atoms with E-state index in [1.165, 1.54) is 5.56 Å². The summed E-state index contributed by atoms with van der Waals surface area (Å²) in [5.41, 5.74) is 9.05. The minimum Gasteiger partial charge on any atom is -0.321 e. The Kier molecular flexibility index (Phi) is 4.70. The maximum atomic E-state index is 12.3. The van der Waals surface area contributed by atoms with E-state index in [0.29, 0.717) is 17.9 Å². The minimum absolute atomic E-state index is 0.00385. The molecule has 0 aliphatic rings. The minimum atomic E-state index is -0.484. The molecule has 0 saturated carbocycles. The van der Waals surface area contributed by atoms with Gasteiger partial charge >= 0.3 is 0 Å². The van der Waals surface area contributed by atoms with Crippen molar-refractivity contribution in [2.24, 2.45) is 5.73 Å². The number of ketones is 1. The first-order valence-corrected chi connectivity index (χ1v) is 7.01. The number of hydrogen-bond donors (Lipinski definition) is 1. The third kappa shape index (κ3) is 3.55. The molecule has 0 aliphatic carbocycles. The van der Waals surface area contributed by atoms with Crippen LogP contribution < -0.4 is 5.73 Å². The van der Waals surface area contributed by atoms with E-state index in [0.717, 1.165) is 5.56 Å². The monoisotopic (exact) mass is 267 g/mol. The standard InChI is InChI=1S/C18H21NO/c1-13(2)15-8-10-16(11-9-15)18(20)17(19)12-14-6-4-3-5-7-14/h3-11,13,17H,12,19H2,1-2H3. The Labute approximate surface area is 120 Å². The van der Waals surface area contributed by atoms with Crippen molar-refractivity contribution in [3.05, 3.63) is 71.3 Å². The van der Waals surface area contributed by atoms with E-state index in [-0.39, 0.29) is 5.78 Å². The van der Waals surface area contributed by atoms with Crippen molar-refractivity contribution >= 4 is 5.78 Å². The molecule has 1 unspecified atom stereocenters. The van der Waals surface area contributed by atoms with Crippen molar-refractivity contribution in [3.8, 4) is 0 Å². The molecule has 0 fully saturated rings. The maximum absolute atomic E-state index is 12.3. The van der Waals surface area contributed by atoms with Gasteiger partial charge in [-0.25, -0.2) is 0 Å². The van der Waals surface area contributed by atoms with Crippen molar-refractivity contribution in [2.75, 3.05) is 0 Å². The molecule has 2 heteroatoms. The molecule has 0 amide bonds. The van der Waals surface area contributed by atoms with E-state index < -0.39 is 6.04 Å². The Hall–Kier alpha value is -1.93. The smallest absolute Gasteiger partial charge is 0.179 e. The Balaban J connectivity index is 2.06. The molecule has 1 atom stereocenters. The fraction of sp³-hybridized carbons (Fsp3) is 0.278. The lowest BCUT2D eigenvalue weighted by Crippen LogP contribution is -2.32. The second-order valence-electron chi connectivity index (χ2n) is 5.44. The van der Waals surface area contributed by atoms with Gasteiger partial charge in [0.1, 0.15) is 0 Å². The first-order chi connectivity index (χ1) is 9.58. The second kappa shape index (κ2) is 6.49. The van der Waals surface area contributed by atoms with Crippen LogP contribution in [0, 0.1) is 0 Å². The van der Waals surface area contributed by atoms with Crippen molar-refractivity contribution in [1.29, 1.82) is 0 Å². The van der Waals surface area contributed by atoms with Gasteiger partial charge in [-0.1, -0.05) is 68.4 Å². The zero-order valence-electron chi connectivity index (χ0n) is 12.0. The van der Waals surface area contributed by atoms with Crippen LogP contribution in [0.15, 0.2) is 54.6 Å². The van der Waals surface area contributed by atoms with Crippen LogP contribution in [-0.4, -0.2) is 11.8 Å². The van der Waals surface area contributed by atoms with Crippen molar-refractivity contribution in [2.45, 2.75) is 32.2 Å². The summed E-state index contributed by atoms with van der Waals surface area (Å²) < 4.78 is 0. The van der Waals surface area contributed by atoms with Gasteiger partial charge < -0.3 is 5.73 Å². The highest BCUT2D eigenvalue weighted by atomic mass is 16.1. The maximum Gasteiger partial charge on any atom is 0.179 e. The van der Waals surface area contributed by atoms with Gasteiger partial charge in [-0.2, -0.15) is 0 Å². The first kappa shape index (κ1) is 14.5. The van der Waals surface area contributed by atoms with Crippen LogP contribution >= 0.6 is 0 Å². The quantitative estimate of drug-likeness (QED) is 0.842. The summed E-state index contributed by atoms with van der Waals surface area (Å²) in [4.78, 5) is 12.3. The van der Waals surface area contributed by atoms with Gasteiger partial charge in [-0.15, -0.1) is 0 Å². The van der Waals surface area contributed by atoms with Crippen LogP contribution in [0.2, 0.25) is 0 Å². The lowest BCUT2D eigenvalue weighted by Gasteiger charge is -2.12. The molecule has 104 valence electrons. The van der Waals surface area contributed by atoms with Gasteiger partial charge in [0, 0.05) is 5.56 Å². The molecule has 0 spiro atoms. The fourth-order valence-electron chi connectivity index (χ4n) is 2.21. The highest BCUT2D eigenvalue weighted by molar-refractivity contribution is 6.00. The van der Waals surface area contributed by atoms with E-state index >= 15 is 0 Å². The van der Waals surface area contributed by atoms with Gasteiger partial charge in [0.25, 0.3) is 0 Å². The van der Waals surface area contributed by atoms with Crippen molar-refractivity contribution in [3.63, 3.8) is 0 Å². The van der Waals surface area contributed by atoms with Crippen LogP contribution in [0.3, 0.4) is 0 Å². The molecule has 0 heterocycles. The fourth-order valence-corrected chi connectivity index (χ4v) is 2.21. The molecule has 2 aromatic rings. The summed E-state index contributed by atoms with van der Waals surface area (Å²) in [5, 5.41) is 0. The lowest BCUT2D eigenvalue weighted by atomic mass is 9.96. The van der Waals surface area contributed by atoms with E-state index in [1.54, 1.807) is 0 Å². The van der Waals surface area contributed by atoms with Gasteiger partial charge in [0.15, 0.2) is 5.78 Å². The normalized spacial score (nSPS) is 12.4. The highest BCUT2D eigenvalue weighted by Gasteiger charge is 2.16. The summed E-state index contributed by atoms with van der Waals surface area (Å²) in [5.74, 6) is 0.473. The molecule has 2 aromatic carbocycles. The molecule has 0 aromatic heterocycles. The Bertz CT molecular complexity index is 558. The molecule has 20 heavy (non-hydrogen) atoms. The Morgan fingerprint density at radius 2 is 1.60 bits per heavy atom. The molecule has 2 rings (SSSR count). The number of nitrogens with two attached hydrogens (primary N) is 1. The molecule has 0 aliphatic heterocycles. The van der Waals surface area contributed by atoms with Crippen LogP contribution in [-0.2, 0) is 6.42 Å². The first-order valence-electron chi connectivity index (χ1n) is 7.01. The summed E-state index contributed by atoms with van der Waals surface area (Å²) in [6.45, 7) is 4.27. The van der Waals surface area contributed by atoms with Gasteiger partial charge in [-0.3, -0.25) is 4.79 Å². The largest absolute Gasteiger partial charge is 0.321 e. The van der Waals surface area contributed by atoms with E-state index in [9.17, 15) is 4.79 Å². The molecular formula is C18H21NO. The summed E-state index contributed by atoms with van der Waals surface area (Å²) in [6, 6.07) is 17.2. The summed E-state index contributed by atoms with van der Waals surface area (Å²) in [7, 11) is 0. The van der Waals surface area contributed by atoms with Gasteiger partial charge in [0.2, 0.25) is 0 Å². The number of rotatable bonds is 5. The zero-order valence-corrected chi connectivity index (χ0v) is 12.0. The van der Waals surface area contributed by atoms with Crippen LogP contribution in [0.5, 0.6) is 0 Å². The number of benzene rings is 2. The zero-order chi connectivity index (χ0) is 14.5.